The summed E-state index contributed by atoms with van der Waals surface area (Å²) in [5, 5.41) is 2.36. The molecule has 0 bridgehead atoms. The van der Waals surface area contributed by atoms with E-state index in [1.807, 2.05) is 24.3 Å². The Hall–Kier alpha value is -3.11. The van der Waals surface area contributed by atoms with Crippen molar-refractivity contribution in [3.05, 3.63) is 58.1 Å². The molecule has 8 nitrogen and oxygen atoms in total. The first-order valence-electron chi connectivity index (χ1n) is 8.53. The third kappa shape index (κ3) is 6.46. The van der Waals surface area contributed by atoms with Crippen LogP contribution in [0.2, 0.25) is 0 Å². The fourth-order valence-corrected chi connectivity index (χ4v) is 2.74. The van der Waals surface area contributed by atoms with Crippen molar-refractivity contribution in [2.24, 2.45) is 0 Å². The van der Waals surface area contributed by atoms with E-state index in [4.69, 9.17) is 26.4 Å². The van der Waals surface area contributed by atoms with Gasteiger partial charge in [0, 0.05) is 16.1 Å². The van der Waals surface area contributed by atoms with Gasteiger partial charge in [0.1, 0.15) is 0 Å². The summed E-state index contributed by atoms with van der Waals surface area (Å²) in [6, 6.07) is 10.4. The molecular formula is C20H20BrN3O5S. The lowest BCUT2D eigenvalue weighted by Crippen LogP contribution is -2.48. The number of benzene rings is 2. The van der Waals surface area contributed by atoms with Crippen LogP contribution in [0.1, 0.15) is 15.9 Å². The van der Waals surface area contributed by atoms with Gasteiger partial charge in [0.05, 0.1) is 21.3 Å². The Morgan fingerprint density at radius 2 is 1.57 bits per heavy atom. The minimum atomic E-state index is -0.517. The largest absolute Gasteiger partial charge is 0.493 e. The number of carbonyl (C=O) groups is 2. The number of ether oxygens (including phenoxy) is 3. The first-order valence-corrected chi connectivity index (χ1v) is 9.73. The average molecular weight is 494 g/mol. The Morgan fingerprint density at radius 3 is 2.10 bits per heavy atom. The van der Waals surface area contributed by atoms with E-state index < -0.39 is 11.8 Å². The molecule has 2 aromatic rings. The Bertz CT molecular complexity index is 938. The van der Waals surface area contributed by atoms with E-state index in [-0.39, 0.29) is 10.7 Å². The molecule has 0 saturated carbocycles. The number of hydrogen-bond acceptors (Lipinski definition) is 6. The molecular weight excluding hydrogens is 474 g/mol. The van der Waals surface area contributed by atoms with E-state index in [1.165, 1.54) is 39.5 Å². The van der Waals surface area contributed by atoms with E-state index >= 15 is 0 Å². The second kappa shape index (κ2) is 11.2. The summed E-state index contributed by atoms with van der Waals surface area (Å²) in [6.45, 7) is 0. The molecule has 0 radical (unpaired) electrons. The highest BCUT2D eigenvalue weighted by atomic mass is 79.9. The molecule has 0 aromatic heterocycles. The lowest BCUT2D eigenvalue weighted by molar-refractivity contribution is -0.115. The van der Waals surface area contributed by atoms with Crippen LogP contribution in [0.3, 0.4) is 0 Å². The zero-order chi connectivity index (χ0) is 22.1. The van der Waals surface area contributed by atoms with E-state index in [9.17, 15) is 9.59 Å². The molecule has 30 heavy (non-hydrogen) atoms. The summed E-state index contributed by atoms with van der Waals surface area (Å²) in [5.41, 5.74) is 5.95. The van der Waals surface area contributed by atoms with Gasteiger partial charge in [-0.15, -0.1) is 0 Å². The van der Waals surface area contributed by atoms with E-state index in [1.54, 1.807) is 6.08 Å². The SMILES string of the molecule is COc1cc(C(=O)NNC(=S)NC(=O)C=Cc2ccc(Br)cc2)cc(OC)c1OC. The van der Waals surface area contributed by atoms with Crippen LogP contribution in [0.15, 0.2) is 46.9 Å². The highest BCUT2D eigenvalue weighted by Crippen LogP contribution is 2.38. The predicted molar refractivity (Wildman–Crippen MR) is 121 cm³/mol. The van der Waals surface area contributed by atoms with Gasteiger partial charge < -0.3 is 14.2 Å². The van der Waals surface area contributed by atoms with Crippen LogP contribution in [-0.2, 0) is 4.79 Å². The van der Waals surface area contributed by atoms with Crippen LogP contribution >= 0.6 is 28.1 Å². The maximum Gasteiger partial charge on any atom is 0.269 e. The topological polar surface area (TPSA) is 97.9 Å². The summed E-state index contributed by atoms with van der Waals surface area (Å²) in [5.74, 6) is 0.0606. The lowest BCUT2D eigenvalue weighted by atomic mass is 10.1. The lowest BCUT2D eigenvalue weighted by Gasteiger charge is -2.14. The van der Waals surface area contributed by atoms with Crippen molar-refractivity contribution in [3.63, 3.8) is 0 Å². The number of hydrogen-bond donors (Lipinski definition) is 3. The molecule has 0 aliphatic heterocycles. The number of hydrazine groups is 1. The second-order valence-corrected chi connectivity index (χ2v) is 7.02. The first kappa shape index (κ1) is 23.2. The predicted octanol–water partition coefficient (Wildman–Crippen LogP) is 2.82. The van der Waals surface area contributed by atoms with E-state index in [0.717, 1.165) is 10.0 Å². The van der Waals surface area contributed by atoms with Gasteiger partial charge in [0.25, 0.3) is 5.91 Å². The molecule has 0 unspecified atom stereocenters. The molecule has 0 aliphatic carbocycles. The van der Waals surface area contributed by atoms with Crippen molar-refractivity contribution in [2.75, 3.05) is 21.3 Å². The van der Waals surface area contributed by atoms with E-state index in [2.05, 4.69) is 32.1 Å². The van der Waals surface area contributed by atoms with Crippen molar-refractivity contribution < 1.29 is 23.8 Å². The van der Waals surface area contributed by atoms with Crippen LogP contribution in [0.4, 0.5) is 0 Å². The molecule has 2 rings (SSSR count). The van der Waals surface area contributed by atoms with Crippen molar-refractivity contribution in [1.82, 2.24) is 16.2 Å². The Labute approximate surface area is 187 Å². The highest BCUT2D eigenvalue weighted by molar-refractivity contribution is 9.10. The molecule has 0 aliphatic rings. The maximum absolute atomic E-state index is 12.4. The van der Waals surface area contributed by atoms with Crippen LogP contribution in [0.5, 0.6) is 17.2 Å². The monoisotopic (exact) mass is 493 g/mol. The Morgan fingerprint density at radius 1 is 0.967 bits per heavy atom. The Balaban J connectivity index is 1.93. The number of halogens is 1. The molecule has 0 heterocycles. The number of methoxy groups -OCH3 is 3. The molecule has 0 saturated heterocycles. The molecule has 0 spiro atoms. The van der Waals surface area contributed by atoms with Crippen molar-refractivity contribution >= 4 is 51.2 Å². The summed E-state index contributed by atoms with van der Waals surface area (Å²) in [4.78, 5) is 24.3. The Kier molecular flexibility index (Phi) is 8.63. The highest BCUT2D eigenvalue weighted by Gasteiger charge is 2.17. The van der Waals surface area contributed by atoms with Crippen molar-refractivity contribution in [2.45, 2.75) is 0 Å². The van der Waals surface area contributed by atoms with Crippen LogP contribution in [0, 0.1) is 0 Å². The third-order valence-electron chi connectivity index (χ3n) is 3.75. The van der Waals surface area contributed by atoms with E-state index in [0.29, 0.717) is 17.2 Å². The number of amides is 2. The zero-order valence-corrected chi connectivity index (χ0v) is 18.8. The fraction of sp³-hybridized carbons (Fsp3) is 0.150. The van der Waals surface area contributed by atoms with Gasteiger partial charge >= 0.3 is 0 Å². The summed E-state index contributed by atoms with van der Waals surface area (Å²) < 4.78 is 16.6. The molecule has 10 heteroatoms. The molecule has 2 amide bonds. The number of rotatable bonds is 6. The zero-order valence-electron chi connectivity index (χ0n) is 16.4. The first-order chi connectivity index (χ1) is 14.4. The standard InChI is InChI=1S/C20H20BrN3O5S/c1-27-15-10-13(11-16(28-2)18(15)29-3)19(26)23-24-20(30)22-17(25)9-6-12-4-7-14(21)8-5-12/h4-11H,1-3H3,(H,23,26)(H2,22,24,25,30). The molecule has 2 aromatic carbocycles. The van der Waals surface area contributed by atoms with Crippen LogP contribution in [0.25, 0.3) is 6.08 Å². The number of carbonyl (C=O) groups excluding carboxylic acids is 2. The van der Waals surface area contributed by atoms with Crippen molar-refractivity contribution in [3.8, 4) is 17.2 Å². The summed E-state index contributed by atoms with van der Waals surface area (Å²) in [7, 11) is 4.36. The normalized spacial score (nSPS) is 10.3. The second-order valence-electron chi connectivity index (χ2n) is 5.70. The fourth-order valence-electron chi connectivity index (χ4n) is 2.33. The molecule has 3 N–H and O–H groups in total. The van der Waals surface area contributed by atoms with Gasteiger partial charge in [0.2, 0.25) is 11.7 Å². The maximum atomic E-state index is 12.4. The third-order valence-corrected chi connectivity index (χ3v) is 4.48. The van der Waals surface area contributed by atoms with Gasteiger partial charge in [-0.3, -0.25) is 25.8 Å². The average Bonchev–Trinajstić information content (AvgIpc) is 2.75. The van der Waals surface area contributed by atoms with Crippen molar-refractivity contribution in [1.29, 1.82) is 0 Å². The minimum Gasteiger partial charge on any atom is -0.493 e. The quantitative estimate of drug-likeness (QED) is 0.323. The van der Waals surface area contributed by atoms with Gasteiger partial charge in [-0.25, -0.2) is 0 Å². The number of nitrogens with one attached hydrogen (secondary N) is 3. The van der Waals surface area contributed by atoms with Crippen LogP contribution < -0.4 is 30.4 Å². The molecule has 158 valence electrons. The van der Waals surface area contributed by atoms with Gasteiger partial charge in [-0.05, 0) is 48.1 Å². The summed E-state index contributed by atoms with van der Waals surface area (Å²) in [6.07, 6.45) is 2.97. The summed E-state index contributed by atoms with van der Waals surface area (Å²) >= 11 is 8.36. The number of thiocarbonyl (C=S) groups is 1. The molecule has 0 fully saturated rings. The van der Waals surface area contributed by atoms with Crippen LogP contribution in [-0.4, -0.2) is 38.3 Å². The van der Waals surface area contributed by atoms with Gasteiger partial charge in [0.15, 0.2) is 16.6 Å². The molecule has 0 atom stereocenters. The minimum absolute atomic E-state index is 0.0683. The smallest absolute Gasteiger partial charge is 0.269 e. The van der Waals surface area contributed by atoms with Gasteiger partial charge in [-0.1, -0.05) is 28.1 Å². The van der Waals surface area contributed by atoms with Gasteiger partial charge in [-0.2, -0.15) is 0 Å².